The maximum atomic E-state index is 12.5. The van der Waals surface area contributed by atoms with E-state index in [2.05, 4.69) is 17.2 Å². The van der Waals surface area contributed by atoms with E-state index in [1.54, 1.807) is 0 Å². The third-order valence-corrected chi connectivity index (χ3v) is 4.62. The van der Waals surface area contributed by atoms with Crippen LogP contribution in [0, 0.1) is 17.8 Å². The Morgan fingerprint density at radius 2 is 2.05 bits per heavy atom. The zero-order valence-electron chi connectivity index (χ0n) is 14.4. The van der Waals surface area contributed by atoms with Gasteiger partial charge in [0.1, 0.15) is 5.60 Å². The van der Waals surface area contributed by atoms with Crippen molar-refractivity contribution in [3.05, 3.63) is 0 Å². The minimum absolute atomic E-state index is 0.144. The van der Waals surface area contributed by atoms with E-state index in [-0.39, 0.29) is 6.09 Å². The van der Waals surface area contributed by atoms with Gasteiger partial charge in [-0.25, -0.2) is 4.79 Å². The van der Waals surface area contributed by atoms with Crippen LogP contribution >= 0.6 is 0 Å². The molecule has 3 unspecified atom stereocenters. The van der Waals surface area contributed by atoms with E-state index in [4.69, 9.17) is 4.74 Å². The number of ether oxygens (including phenoxy) is 1. The molecular weight excluding hydrogens is 276 g/mol. The van der Waals surface area contributed by atoms with Gasteiger partial charge < -0.3 is 15.0 Å². The molecule has 1 heterocycles. The first kappa shape index (κ1) is 17.1. The largest absolute Gasteiger partial charge is 0.444 e. The minimum Gasteiger partial charge on any atom is -0.444 e. The number of carbonyl (C=O) groups excluding carboxylic acids is 1. The van der Waals surface area contributed by atoms with Crippen molar-refractivity contribution in [1.82, 2.24) is 10.2 Å². The van der Waals surface area contributed by atoms with Gasteiger partial charge in [-0.1, -0.05) is 12.3 Å². The average molecular weight is 306 g/mol. The number of carbonyl (C=O) groups is 1. The van der Waals surface area contributed by atoms with Crippen LogP contribution in [0.3, 0.4) is 0 Å². The number of nitrogens with one attached hydrogen (secondary N) is 1. The molecule has 0 aromatic carbocycles. The number of hydrogen-bond donors (Lipinski definition) is 1. The zero-order chi connectivity index (χ0) is 16.2. The predicted octanol–water partition coefficient (Wildman–Crippen LogP) is 3.17. The van der Waals surface area contributed by atoms with Crippen LogP contribution in [0.4, 0.5) is 4.79 Å². The molecule has 0 radical (unpaired) electrons. The molecule has 124 valence electrons. The molecule has 1 amide bonds. The molecule has 22 heavy (non-hydrogen) atoms. The van der Waals surface area contributed by atoms with Gasteiger partial charge >= 0.3 is 6.09 Å². The highest BCUT2D eigenvalue weighted by molar-refractivity contribution is 5.69. The van der Waals surface area contributed by atoms with Crippen LogP contribution in [-0.4, -0.2) is 41.8 Å². The minimum atomic E-state index is -0.422. The molecule has 1 aliphatic carbocycles. The summed E-state index contributed by atoms with van der Waals surface area (Å²) in [5.74, 6) is 6.55. The summed E-state index contributed by atoms with van der Waals surface area (Å²) in [7, 11) is 0. The SMILES string of the molecule is CC#CCNC1CCCC1C1CCCN1C(=O)OC(C)(C)C. The maximum Gasteiger partial charge on any atom is 0.410 e. The van der Waals surface area contributed by atoms with Crippen molar-refractivity contribution in [2.24, 2.45) is 5.92 Å². The van der Waals surface area contributed by atoms with Crippen LogP contribution in [0.1, 0.15) is 59.8 Å². The molecule has 1 aliphatic heterocycles. The molecule has 1 saturated carbocycles. The van der Waals surface area contributed by atoms with Crippen molar-refractivity contribution >= 4 is 6.09 Å². The Balaban J connectivity index is 1.99. The van der Waals surface area contributed by atoms with Crippen molar-refractivity contribution in [3.63, 3.8) is 0 Å². The Morgan fingerprint density at radius 1 is 1.27 bits per heavy atom. The maximum absolute atomic E-state index is 12.5. The third-order valence-electron chi connectivity index (χ3n) is 4.62. The second kappa shape index (κ2) is 7.37. The Bertz CT molecular complexity index is 444. The highest BCUT2D eigenvalue weighted by Gasteiger charge is 2.41. The van der Waals surface area contributed by atoms with Crippen LogP contribution in [0.5, 0.6) is 0 Å². The molecule has 2 rings (SSSR count). The number of amides is 1. The first-order valence-electron chi connectivity index (χ1n) is 8.55. The van der Waals surface area contributed by atoms with E-state index in [1.165, 1.54) is 19.3 Å². The summed E-state index contributed by atoms with van der Waals surface area (Å²) in [5, 5.41) is 3.56. The quantitative estimate of drug-likeness (QED) is 0.814. The molecule has 2 fully saturated rings. The lowest BCUT2D eigenvalue weighted by Crippen LogP contribution is -2.47. The fourth-order valence-electron chi connectivity index (χ4n) is 3.76. The van der Waals surface area contributed by atoms with Crippen LogP contribution in [0.25, 0.3) is 0 Å². The van der Waals surface area contributed by atoms with Gasteiger partial charge in [0.25, 0.3) is 0 Å². The monoisotopic (exact) mass is 306 g/mol. The molecule has 0 spiro atoms. The molecule has 1 N–H and O–H groups in total. The molecule has 4 nitrogen and oxygen atoms in total. The molecule has 4 heteroatoms. The second-order valence-electron chi connectivity index (χ2n) is 7.39. The van der Waals surface area contributed by atoms with E-state index in [0.717, 1.165) is 25.9 Å². The van der Waals surface area contributed by atoms with Gasteiger partial charge in [-0.05, 0) is 59.3 Å². The van der Waals surface area contributed by atoms with Gasteiger partial charge in [-0.3, -0.25) is 0 Å². The summed E-state index contributed by atoms with van der Waals surface area (Å²) in [6, 6.07) is 0.804. The lowest BCUT2D eigenvalue weighted by Gasteiger charge is -2.34. The smallest absolute Gasteiger partial charge is 0.410 e. The van der Waals surface area contributed by atoms with Crippen molar-refractivity contribution in [2.45, 2.75) is 77.5 Å². The topological polar surface area (TPSA) is 41.6 Å². The average Bonchev–Trinajstić information content (AvgIpc) is 3.04. The summed E-state index contributed by atoms with van der Waals surface area (Å²) in [5.41, 5.74) is -0.422. The summed E-state index contributed by atoms with van der Waals surface area (Å²) < 4.78 is 5.59. The van der Waals surface area contributed by atoms with E-state index < -0.39 is 5.60 Å². The first-order chi connectivity index (χ1) is 10.4. The van der Waals surface area contributed by atoms with Crippen molar-refractivity contribution in [1.29, 1.82) is 0 Å². The lowest BCUT2D eigenvalue weighted by atomic mass is 9.92. The van der Waals surface area contributed by atoms with Gasteiger partial charge in [0.2, 0.25) is 0 Å². The molecule has 0 aromatic heterocycles. The molecule has 1 saturated heterocycles. The van der Waals surface area contributed by atoms with Crippen LogP contribution in [-0.2, 0) is 4.74 Å². The Kier molecular flexibility index (Phi) is 5.74. The Hall–Kier alpha value is -1.21. The van der Waals surface area contributed by atoms with Gasteiger partial charge in [-0.2, -0.15) is 0 Å². The number of hydrogen-bond acceptors (Lipinski definition) is 3. The number of likely N-dealkylation sites (tertiary alicyclic amines) is 1. The van der Waals surface area contributed by atoms with E-state index in [9.17, 15) is 4.79 Å². The standard InChI is InChI=1S/C18H30N2O2/c1-5-6-12-19-15-10-7-9-14(15)16-11-8-13-20(16)17(21)22-18(2,3)4/h14-16,19H,7-13H2,1-4H3. The fraction of sp³-hybridized carbons (Fsp3) is 0.833. The molecule has 0 bridgehead atoms. The van der Waals surface area contributed by atoms with Gasteiger partial charge in [0.05, 0.1) is 6.54 Å². The molecular formula is C18H30N2O2. The van der Waals surface area contributed by atoms with Crippen LogP contribution in [0.2, 0.25) is 0 Å². The summed E-state index contributed by atoms with van der Waals surface area (Å²) in [4.78, 5) is 14.4. The van der Waals surface area contributed by atoms with Crippen molar-refractivity contribution in [2.75, 3.05) is 13.1 Å². The zero-order valence-corrected chi connectivity index (χ0v) is 14.4. The normalized spacial score (nSPS) is 28.4. The second-order valence-corrected chi connectivity index (χ2v) is 7.39. The highest BCUT2D eigenvalue weighted by atomic mass is 16.6. The van der Waals surface area contributed by atoms with E-state index in [1.807, 2.05) is 32.6 Å². The van der Waals surface area contributed by atoms with E-state index >= 15 is 0 Å². The van der Waals surface area contributed by atoms with Crippen LogP contribution in [0.15, 0.2) is 0 Å². The predicted molar refractivity (Wildman–Crippen MR) is 88.5 cm³/mol. The van der Waals surface area contributed by atoms with Crippen molar-refractivity contribution in [3.8, 4) is 11.8 Å². The van der Waals surface area contributed by atoms with Crippen molar-refractivity contribution < 1.29 is 9.53 Å². The fourth-order valence-corrected chi connectivity index (χ4v) is 3.76. The molecule has 3 atom stereocenters. The molecule has 0 aromatic rings. The summed E-state index contributed by atoms with van der Waals surface area (Å²) in [6.45, 7) is 9.24. The highest BCUT2D eigenvalue weighted by Crippen LogP contribution is 2.36. The summed E-state index contributed by atoms with van der Waals surface area (Å²) in [6.07, 6.45) is 5.66. The Morgan fingerprint density at radius 3 is 2.73 bits per heavy atom. The van der Waals surface area contributed by atoms with Gasteiger partial charge in [-0.15, -0.1) is 5.92 Å². The molecule has 2 aliphatic rings. The van der Waals surface area contributed by atoms with Crippen LogP contribution < -0.4 is 5.32 Å². The van der Waals surface area contributed by atoms with Gasteiger partial charge in [0, 0.05) is 18.6 Å². The van der Waals surface area contributed by atoms with Gasteiger partial charge in [0.15, 0.2) is 0 Å². The summed E-state index contributed by atoms with van der Waals surface area (Å²) >= 11 is 0. The third kappa shape index (κ3) is 4.39. The lowest BCUT2D eigenvalue weighted by molar-refractivity contribution is 0.0167. The Labute approximate surface area is 135 Å². The number of nitrogens with zero attached hydrogens (tertiary/aromatic N) is 1. The van der Waals surface area contributed by atoms with E-state index in [0.29, 0.717) is 18.0 Å². The first-order valence-corrected chi connectivity index (χ1v) is 8.55. The number of rotatable bonds is 3.